The van der Waals surface area contributed by atoms with E-state index < -0.39 is 11.7 Å². The molecule has 4 aromatic heterocycles. The van der Waals surface area contributed by atoms with Gasteiger partial charge in [0.2, 0.25) is 5.95 Å². The summed E-state index contributed by atoms with van der Waals surface area (Å²) >= 11 is 0. The number of aromatic amines is 1. The van der Waals surface area contributed by atoms with Crippen molar-refractivity contribution in [3.05, 3.63) is 60.4 Å². The molecule has 1 N–H and O–H groups in total. The number of methoxy groups -OCH3 is 1. The number of hydrogen-bond acceptors (Lipinski definition) is 10. The molecule has 6 heterocycles. The van der Waals surface area contributed by atoms with E-state index >= 15 is 0 Å². The van der Waals surface area contributed by atoms with E-state index in [1.807, 2.05) is 30.3 Å². The smallest absolute Gasteiger partial charge is 0.295 e. The molecule has 0 radical (unpaired) electrons. The lowest BCUT2D eigenvalue weighted by Crippen LogP contribution is -2.74. The number of pyridine rings is 1. The zero-order chi connectivity index (χ0) is 26.7. The molecule has 5 aromatic rings. The molecule has 0 bridgehead atoms. The first-order valence-electron chi connectivity index (χ1n) is 12.3. The Balaban J connectivity index is 0.00000289. The monoisotopic (exact) mass is 527 g/mol. The number of aryl methyl sites for hydroxylation is 1. The van der Waals surface area contributed by atoms with Gasteiger partial charge < -0.3 is 19.5 Å². The number of likely N-dealkylation sites (tertiary alicyclic amines) is 1. The number of Topliss-reactive ketones (excluding diaryl/α,β-unsaturated/α-hetero) is 1. The molecule has 0 saturated carbocycles. The number of nitrogens with one attached hydrogen (secondary N) is 1. The summed E-state index contributed by atoms with van der Waals surface area (Å²) in [5, 5.41) is 16.9. The van der Waals surface area contributed by atoms with E-state index in [1.54, 1.807) is 16.5 Å². The molecule has 2 saturated heterocycles. The fourth-order valence-corrected chi connectivity index (χ4v) is 5.45. The van der Waals surface area contributed by atoms with Crippen molar-refractivity contribution in [3.8, 4) is 17.3 Å². The van der Waals surface area contributed by atoms with Crippen LogP contribution in [-0.4, -0.2) is 94.8 Å². The van der Waals surface area contributed by atoms with Gasteiger partial charge in [-0.15, -0.1) is 0 Å². The van der Waals surface area contributed by atoms with Crippen LogP contribution in [0, 0.1) is 12.3 Å². The van der Waals surface area contributed by atoms with Crippen molar-refractivity contribution >= 4 is 28.5 Å². The highest BCUT2D eigenvalue weighted by atomic mass is 16.5. The summed E-state index contributed by atoms with van der Waals surface area (Å²) < 4.78 is 8.69. The lowest BCUT2D eigenvalue weighted by molar-refractivity contribution is -0.139. The van der Waals surface area contributed by atoms with Gasteiger partial charge in [-0.25, -0.2) is 14.6 Å². The fraction of sp³-hybridized carbons (Fsp3) is 0.280. The maximum Gasteiger partial charge on any atom is 0.295 e. The number of rotatable bonds is 6. The van der Waals surface area contributed by atoms with Gasteiger partial charge in [0.1, 0.15) is 17.9 Å². The highest BCUT2D eigenvalue weighted by molar-refractivity contribution is 6.45. The van der Waals surface area contributed by atoms with Crippen molar-refractivity contribution in [2.24, 2.45) is 5.41 Å². The molecule has 198 valence electrons. The molecule has 0 atom stereocenters. The SMILES string of the molecule is COc1cnc(-n2cnc(C)n2)c2[nH]cc(C(=O)C(=O)N3CC4(C3)CN(c3nnnn3-c3ccccc3)C4)c12.[HH]. The molecule has 0 aliphatic carbocycles. The van der Waals surface area contributed by atoms with E-state index in [-0.39, 0.29) is 12.4 Å². The van der Waals surface area contributed by atoms with E-state index in [2.05, 4.69) is 40.5 Å². The number of para-hydroxylation sites is 1. The summed E-state index contributed by atoms with van der Waals surface area (Å²) in [6.07, 6.45) is 4.57. The minimum atomic E-state index is -0.606. The fourth-order valence-electron chi connectivity index (χ4n) is 5.45. The molecule has 2 aliphatic rings. The summed E-state index contributed by atoms with van der Waals surface area (Å²) in [5.41, 5.74) is 1.55. The molecule has 7 rings (SSSR count). The van der Waals surface area contributed by atoms with Crippen molar-refractivity contribution in [3.63, 3.8) is 0 Å². The number of anilines is 1. The van der Waals surface area contributed by atoms with E-state index in [1.165, 1.54) is 30.5 Å². The number of tetrazole rings is 1. The Morgan fingerprint density at radius 3 is 2.62 bits per heavy atom. The average Bonchev–Trinajstić information content (AvgIpc) is 3.66. The summed E-state index contributed by atoms with van der Waals surface area (Å²) in [5.74, 6) is 0.917. The zero-order valence-electron chi connectivity index (χ0n) is 21.1. The van der Waals surface area contributed by atoms with Gasteiger partial charge in [-0.1, -0.05) is 23.3 Å². The van der Waals surface area contributed by atoms with E-state index in [4.69, 9.17) is 4.74 Å². The number of fused-ring (bicyclic) bond motifs is 1. The number of carbonyl (C=O) groups excluding carboxylic acids is 2. The van der Waals surface area contributed by atoms with Crippen LogP contribution >= 0.6 is 0 Å². The molecular formula is C25H25N11O3. The van der Waals surface area contributed by atoms with Gasteiger partial charge in [-0.05, 0) is 29.5 Å². The molecule has 1 spiro atoms. The summed E-state index contributed by atoms with van der Waals surface area (Å²) in [6.45, 7) is 4.15. The highest BCUT2D eigenvalue weighted by Gasteiger charge is 2.55. The van der Waals surface area contributed by atoms with E-state index in [0.717, 1.165) is 5.69 Å². The number of nitrogens with zero attached hydrogens (tertiary/aromatic N) is 10. The molecule has 39 heavy (non-hydrogen) atoms. The van der Waals surface area contributed by atoms with Crippen molar-refractivity contribution in [2.45, 2.75) is 6.92 Å². The van der Waals surface area contributed by atoms with Crippen molar-refractivity contribution in [1.29, 1.82) is 0 Å². The van der Waals surface area contributed by atoms with Crippen molar-refractivity contribution in [2.75, 3.05) is 38.2 Å². The first-order valence-corrected chi connectivity index (χ1v) is 12.3. The molecule has 14 heteroatoms. The maximum absolute atomic E-state index is 13.4. The molecule has 1 aromatic carbocycles. The van der Waals surface area contributed by atoms with Crippen LogP contribution in [0.25, 0.3) is 22.4 Å². The number of ether oxygens (including phenoxy) is 1. The Morgan fingerprint density at radius 1 is 1.10 bits per heavy atom. The second-order valence-corrected chi connectivity index (χ2v) is 9.91. The van der Waals surface area contributed by atoms with Gasteiger partial charge in [-0.2, -0.15) is 9.78 Å². The van der Waals surface area contributed by atoms with Gasteiger partial charge in [-0.3, -0.25) is 9.59 Å². The lowest BCUT2D eigenvalue weighted by atomic mass is 9.72. The quantitative estimate of drug-likeness (QED) is 0.252. The number of hydrogen-bond donors (Lipinski definition) is 1. The van der Waals surface area contributed by atoms with E-state index in [9.17, 15) is 9.59 Å². The van der Waals surface area contributed by atoms with Crippen LogP contribution in [0.1, 0.15) is 17.6 Å². The lowest BCUT2D eigenvalue weighted by Gasteiger charge is -2.59. The maximum atomic E-state index is 13.4. The van der Waals surface area contributed by atoms with Crippen LogP contribution < -0.4 is 9.64 Å². The summed E-state index contributed by atoms with van der Waals surface area (Å²) in [4.78, 5) is 41.9. The predicted octanol–water partition coefficient (Wildman–Crippen LogP) is 1.21. The van der Waals surface area contributed by atoms with Crippen molar-refractivity contribution < 1.29 is 15.8 Å². The molecule has 14 nitrogen and oxygen atoms in total. The second kappa shape index (κ2) is 8.44. The number of ketones is 1. The number of H-pyrrole nitrogens is 1. The second-order valence-electron chi connectivity index (χ2n) is 9.91. The largest absolute Gasteiger partial charge is 0.494 e. The van der Waals surface area contributed by atoms with Crippen LogP contribution in [0.4, 0.5) is 5.95 Å². The average molecular weight is 528 g/mol. The highest BCUT2D eigenvalue weighted by Crippen LogP contribution is 2.42. The topological polar surface area (TPSA) is 153 Å². The number of carbonyl (C=O) groups is 2. The minimum absolute atomic E-state index is 0. The Hall–Kier alpha value is -5.14. The number of benzene rings is 1. The van der Waals surface area contributed by atoms with Crippen molar-refractivity contribution in [1.82, 2.24) is 49.8 Å². The Kier molecular flexibility index (Phi) is 4.98. The van der Waals surface area contributed by atoms with Crippen LogP contribution in [0.15, 0.2) is 49.1 Å². The first kappa shape index (κ1) is 23.0. The normalized spacial score (nSPS) is 15.8. The molecule has 0 unspecified atom stereocenters. The third-order valence-electron chi connectivity index (χ3n) is 7.27. The zero-order valence-corrected chi connectivity index (χ0v) is 21.1. The summed E-state index contributed by atoms with van der Waals surface area (Å²) in [6, 6.07) is 9.68. The van der Waals surface area contributed by atoms with Gasteiger partial charge in [0.15, 0.2) is 5.82 Å². The number of aromatic nitrogens is 9. The molecule has 1 amide bonds. The Morgan fingerprint density at radius 2 is 1.90 bits per heavy atom. The van der Waals surface area contributed by atoms with Gasteiger partial charge in [0, 0.05) is 39.2 Å². The third-order valence-corrected chi connectivity index (χ3v) is 7.27. The minimum Gasteiger partial charge on any atom is -0.494 e. The van der Waals surface area contributed by atoms with Crippen LogP contribution in [0.2, 0.25) is 0 Å². The van der Waals surface area contributed by atoms with Gasteiger partial charge >= 0.3 is 0 Å². The third kappa shape index (κ3) is 3.55. The summed E-state index contributed by atoms with van der Waals surface area (Å²) in [7, 11) is 1.49. The van der Waals surface area contributed by atoms with Gasteiger partial charge in [0.25, 0.3) is 11.7 Å². The van der Waals surface area contributed by atoms with Crippen LogP contribution in [0.3, 0.4) is 0 Å². The molecule has 2 aliphatic heterocycles. The number of amides is 1. The van der Waals surface area contributed by atoms with Crippen LogP contribution in [0.5, 0.6) is 5.75 Å². The molecular weight excluding hydrogens is 502 g/mol. The first-order chi connectivity index (χ1) is 19.0. The van der Waals surface area contributed by atoms with E-state index in [0.29, 0.717) is 60.4 Å². The Labute approximate surface area is 222 Å². The van der Waals surface area contributed by atoms with Gasteiger partial charge in [0.05, 0.1) is 35.5 Å². The standard InChI is InChI=1S/C25H23N11O3.H2/c1-15-28-14-35(30-15)22-20-19(18(39-2)9-27-22)17(8-26-20)21(37)23(38)33-10-25(11-33)12-34(13-25)24-29-31-32-36(24)16-6-4-3-5-7-16;/h3-9,14,26H,10-13H2,1-2H3;1H. The van der Waals surface area contributed by atoms with Crippen LogP contribution in [-0.2, 0) is 4.79 Å². The predicted molar refractivity (Wildman–Crippen MR) is 139 cm³/mol. The Bertz CT molecular complexity index is 1730. The molecule has 2 fully saturated rings.